The SMILES string of the molecule is Cc1c(C)c2c(c(C)c1N)C(C(C)C)C(C)(C)O2.Cl. The number of ether oxygens (including phenoxy) is 1. The number of hydrogen-bond donors (Lipinski definition) is 1. The molecule has 1 heterocycles. The summed E-state index contributed by atoms with van der Waals surface area (Å²) >= 11 is 0. The van der Waals surface area contributed by atoms with Gasteiger partial charge in [-0.05, 0) is 57.2 Å². The van der Waals surface area contributed by atoms with Gasteiger partial charge in [0.05, 0.1) is 0 Å². The van der Waals surface area contributed by atoms with Crippen LogP contribution in [-0.4, -0.2) is 5.60 Å². The van der Waals surface area contributed by atoms with E-state index < -0.39 is 0 Å². The second-order valence-electron chi connectivity index (χ2n) is 6.46. The van der Waals surface area contributed by atoms with Crippen LogP contribution < -0.4 is 10.5 Å². The molecule has 0 saturated carbocycles. The lowest BCUT2D eigenvalue weighted by Gasteiger charge is -2.29. The minimum Gasteiger partial charge on any atom is -0.487 e. The summed E-state index contributed by atoms with van der Waals surface area (Å²) in [7, 11) is 0. The van der Waals surface area contributed by atoms with E-state index in [-0.39, 0.29) is 18.0 Å². The molecule has 0 spiro atoms. The Morgan fingerprint density at radius 1 is 1.05 bits per heavy atom. The lowest BCUT2D eigenvalue weighted by Crippen LogP contribution is -2.33. The molecule has 0 aliphatic carbocycles. The molecule has 1 aromatic rings. The minimum atomic E-state index is -0.147. The van der Waals surface area contributed by atoms with Gasteiger partial charge in [-0.1, -0.05) is 13.8 Å². The van der Waals surface area contributed by atoms with Crippen molar-refractivity contribution in [2.75, 3.05) is 5.73 Å². The van der Waals surface area contributed by atoms with Gasteiger partial charge in [0.15, 0.2) is 0 Å². The van der Waals surface area contributed by atoms with Gasteiger partial charge in [0.1, 0.15) is 11.4 Å². The summed E-state index contributed by atoms with van der Waals surface area (Å²) in [6.45, 7) is 15.2. The van der Waals surface area contributed by atoms with Crippen LogP contribution in [0.25, 0.3) is 0 Å². The van der Waals surface area contributed by atoms with Crippen molar-refractivity contribution in [2.24, 2.45) is 5.92 Å². The standard InChI is InChI=1S/C16H25NO.ClH/c1-8(2)13-12-11(5)14(17)9(3)10(4)15(12)18-16(13,6)7;/h8,13H,17H2,1-7H3;1H. The first-order valence-electron chi connectivity index (χ1n) is 6.76. The Balaban J connectivity index is 0.00000180. The van der Waals surface area contributed by atoms with Crippen LogP contribution in [0.1, 0.15) is 55.9 Å². The van der Waals surface area contributed by atoms with Crippen molar-refractivity contribution in [3.05, 3.63) is 22.3 Å². The molecular formula is C16H26ClNO. The zero-order valence-corrected chi connectivity index (χ0v) is 13.9. The van der Waals surface area contributed by atoms with Crippen LogP contribution in [-0.2, 0) is 0 Å². The lowest BCUT2D eigenvalue weighted by molar-refractivity contribution is 0.0916. The molecule has 0 aromatic heterocycles. The normalized spacial score (nSPS) is 19.9. The molecule has 0 bridgehead atoms. The van der Waals surface area contributed by atoms with Gasteiger partial charge in [0.25, 0.3) is 0 Å². The Morgan fingerprint density at radius 2 is 1.58 bits per heavy atom. The van der Waals surface area contributed by atoms with Crippen molar-refractivity contribution in [1.29, 1.82) is 0 Å². The zero-order chi connectivity index (χ0) is 13.8. The topological polar surface area (TPSA) is 35.2 Å². The van der Waals surface area contributed by atoms with Crippen molar-refractivity contribution in [3.63, 3.8) is 0 Å². The second-order valence-corrected chi connectivity index (χ2v) is 6.46. The molecule has 2 rings (SSSR count). The van der Waals surface area contributed by atoms with E-state index in [1.54, 1.807) is 0 Å². The molecule has 0 saturated heterocycles. The Labute approximate surface area is 123 Å². The number of hydrogen-bond acceptors (Lipinski definition) is 2. The predicted octanol–water partition coefficient (Wildman–Crippen LogP) is 4.53. The number of anilines is 1. The fourth-order valence-electron chi connectivity index (χ4n) is 3.49. The van der Waals surface area contributed by atoms with E-state index in [9.17, 15) is 0 Å². The first kappa shape index (κ1) is 16.2. The van der Waals surface area contributed by atoms with Crippen molar-refractivity contribution in [1.82, 2.24) is 0 Å². The van der Waals surface area contributed by atoms with Crippen LogP contribution in [0.15, 0.2) is 0 Å². The van der Waals surface area contributed by atoms with Crippen LogP contribution in [0, 0.1) is 26.7 Å². The Hall–Kier alpha value is -0.890. The molecule has 1 unspecified atom stereocenters. The average Bonchev–Trinajstić information content (AvgIpc) is 2.55. The maximum atomic E-state index is 6.26. The third-order valence-electron chi connectivity index (χ3n) is 4.45. The van der Waals surface area contributed by atoms with Gasteiger partial charge in [-0.15, -0.1) is 12.4 Å². The van der Waals surface area contributed by atoms with Crippen LogP contribution in [0.5, 0.6) is 5.75 Å². The number of halogens is 1. The van der Waals surface area contributed by atoms with Gasteiger partial charge in [-0.2, -0.15) is 0 Å². The lowest BCUT2D eigenvalue weighted by atomic mass is 9.76. The van der Waals surface area contributed by atoms with E-state index in [0.29, 0.717) is 11.8 Å². The summed E-state index contributed by atoms with van der Waals surface area (Å²) < 4.78 is 6.26. The monoisotopic (exact) mass is 283 g/mol. The van der Waals surface area contributed by atoms with E-state index in [1.807, 2.05) is 0 Å². The molecule has 0 amide bonds. The molecular weight excluding hydrogens is 258 g/mol. The van der Waals surface area contributed by atoms with Crippen LogP contribution in [0.4, 0.5) is 5.69 Å². The Morgan fingerprint density at radius 3 is 2.05 bits per heavy atom. The van der Waals surface area contributed by atoms with E-state index in [2.05, 4.69) is 48.5 Å². The van der Waals surface area contributed by atoms with Crippen molar-refractivity contribution in [2.45, 2.75) is 60.0 Å². The highest BCUT2D eigenvalue weighted by molar-refractivity contribution is 5.85. The fraction of sp³-hybridized carbons (Fsp3) is 0.625. The number of fused-ring (bicyclic) bond motifs is 1. The van der Waals surface area contributed by atoms with Crippen molar-refractivity contribution < 1.29 is 4.74 Å². The molecule has 1 aliphatic heterocycles. The quantitative estimate of drug-likeness (QED) is 0.769. The summed E-state index contributed by atoms with van der Waals surface area (Å²) in [6, 6.07) is 0. The summed E-state index contributed by atoms with van der Waals surface area (Å²) in [5, 5.41) is 0. The van der Waals surface area contributed by atoms with Crippen molar-refractivity contribution in [3.8, 4) is 5.75 Å². The number of benzene rings is 1. The number of nitrogens with two attached hydrogens (primary N) is 1. The van der Waals surface area contributed by atoms with Gasteiger partial charge in [0.2, 0.25) is 0 Å². The predicted molar refractivity (Wildman–Crippen MR) is 84.6 cm³/mol. The zero-order valence-electron chi connectivity index (χ0n) is 13.0. The van der Waals surface area contributed by atoms with E-state index >= 15 is 0 Å². The number of nitrogen functional groups attached to an aromatic ring is 1. The molecule has 19 heavy (non-hydrogen) atoms. The minimum absolute atomic E-state index is 0. The van der Waals surface area contributed by atoms with Gasteiger partial charge in [-0.25, -0.2) is 0 Å². The molecule has 1 atom stereocenters. The van der Waals surface area contributed by atoms with Crippen molar-refractivity contribution >= 4 is 18.1 Å². The first-order chi connectivity index (χ1) is 8.18. The van der Waals surface area contributed by atoms with Gasteiger partial charge in [0, 0.05) is 17.2 Å². The summed E-state index contributed by atoms with van der Waals surface area (Å²) in [6.07, 6.45) is 0. The van der Waals surface area contributed by atoms with Gasteiger partial charge >= 0.3 is 0 Å². The van der Waals surface area contributed by atoms with Gasteiger partial charge in [-0.3, -0.25) is 0 Å². The van der Waals surface area contributed by atoms with E-state index in [0.717, 1.165) is 17.0 Å². The third-order valence-corrected chi connectivity index (χ3v) is 4.45. The Bertz CT molecular complexity index is 506. The molecule has 2 N–H and O–H groups in total. The van der Waals surface area contributed by atoms with Crippen LogP contribution in [0.3, 0.4) is 0 Å². The average molecular weight is 284 g/mol. The Kier molecular flexibility index (Phi) is 4.17. The van der Waals surface area contributed by atoms with Crippen LogP contribution in [0.2, 0.25) is 0 Å². The van der Waals surface area contributed by atoms with E-state index in [1.165, 1.54) is 16.7 Å². The highest BCUT2D eigenvalue weighted by Crippen LogP contribution is 2.53. The molecule has 1 aliphatic rings. The third kappa shape index (κ3) is 2.20. The largest absolute Gasteiger partial charge is 0.487 e. The molecule has 3 heteroatoms. The second kappa shape index (κ2) is 4.90. The molecule has 1 aromatic carbocycles. The van der Waals surface area contributed by atoms with Gasteiger partial charge < -0.3 is 10.5 Å². The van der Waals surface area contributed by atoms with Crippen LogP contribution >= 0.6 is 12.4 Å². The molecule has 0 fully saturated rings. The highest BCUT2D eigenvalue weighted by atomic mass is 35.5. The maximum absolute atomic E-state index is 6.26. The summed E-state index contributed by atoms with van der Waals surface area (Å²) in [4.78, 5) is 0. The highest BCUT2D eigenvalue weighted by Gasteiger charge is 2.45. The summed E-state index contributed by atoms with van der Waals surface area (Å²) in [5.41, 5.74) is 11.9. The maximum Gasteiger partial charge on any atom is 0.127 e. The first-order valence-corrected chi connectivity index (χ1v) is 6.76. The fourth-order valence-corrected chi connectivity index (χ4v) is 3.49. The number of rotatable bonds is 1. The summed E-state index contributed by atoms with van der Waals surface area (Å²) in [5.74, 6) is 2.03. The smallest absolute Gasteiger partial charge is 0.127 e. The molecule has 2 nitrogen and oxygen atoms in total. The molecule has 0 radical (unpaired) electrons. The molecule has 108 valence electrons. The van der Waals surface area contributed by atoms with E-state index in [4.69, 9.17) is 10.5 Å².